The Bertz CT molecular complexity index is 1450. The molecule has 2 N–H and O–H groups in total. The topological polar surface area (TPSA) is 115 Å². The van der Waals surface area contributed by atoms with Gasteiger partial charge < -0.3 is 10.6 Å². The number of alkyl halides is 5. The maximum atomic E-state index is 14.1. The van der Waals surface area contributed by atoms with Crippen molar-refractivity contribution in [3.63, 3.8) is 0 Å². The normalized spacial score (nSPS) is 19.7. The Balaban J connectivity index is 1.66. The van der Waals surface area contributed by atoms with E-state index < -0.39 is 36.3 Å². The van der Waals surface area contributed by atoms with Crippen molar-refractivity contribution in [2.75, 3.05) is 10.6 Å². The number of nitrogens with one attached hydrogen (secondary N) is 2. The zero-order valence-electron chi connectivity index (χ0n) is 19.9. The number of amides is 2. The van der Waals surface area contributed by atoms with Gasteiger partial charge in [0.15, 0.2) is 11.5 Å². The fourth-order valence-electron chi connectivity index (χ4n) is 5.14. The third kappa shape index (κ3) is 4.32. The second-order valence-electron chi connectivity index (χ2n) is 9.47. The summed E-state index contributed by atoms with van der Waals surface area (Å²) in [4.78, 5) is 37.8. The molecule has 0 saturated carbocycles. The van der Waals surface area contributed by atoms with Gasteiger partial charge in [-0.1, -0.05) is 13.3 Å². The molecule has 2 aliphatic heterocycles. The SMILES string of the molecule is CCC[C@@]12CCC(=O)Nc3nc(-c4nn(CCC(F)(F)C(F)(F)F)c5ncc(F)cc45)nc(c31)NC(=O)C2. The summed E-state index contributed by atoms with van der Waals surface area (Å²) in [6.07, 6.45) is -4.67. The number of anilines is 2. The highest BCUT2D eigenvalue weighted by Crippen LogP contribution is 2.49. The zero-order chi connectivity index (χ0) is 27.5. The van der Waals surface area contributed by atoms with Gasteiger partial charge in [-0.2, -0.15) is 27.1 Å². The van der Waals surface area contributed by atoms with Crippen LogP contribution in [0, 0.1) is 5.82 Å². The molecule has 0 unspecified atom stereocenters. The first kappa shape index (κ1) is 25.9. The van der Waals surface area contributed by atoms with Crippen LogP contribution < -0.4 is 10.6 Å². The van der Waals surface area contributed by atoms with E-state index in [1.54, 1.807) is 0 Å². The Hall–Kier alpha value is -3.78. The van der Waals surface area contributed by atoms with Crippen LogP contribution in [0.5, 0.6) is 0 Å². The number of carbonyl (C=O) groups is 2. The van der Waals surface area contributed by atoms with Crippen LogP contribution in [0.4, 0.5) is 38.0 Å². The lowest BCUT2D eigenvalue weighted by Gasteiger charge is -2.37. The number of aromatic nitrogens is 5. The van der Waals surface area contributed by atoms with Gasteiger partial charge in [-0.25, -0.2) is 24.0 Å². The minimum Gasteiger partial charge on any atom is -0.310 e. The summed E-state index contributed by atoms with van der Waals surface area (Å²) < 4.78 is 80.2. The molecule has 2 amide bonds. The third-order valence-electron chi connectivity index (χ3n) is 6.83. The molecule has 3 aromatic rings. The molecule has 0 aromatic carbocycles. The molecule has 0 saturated heterocycles. The number of halogens is 6. The maximum Gasteiger partial charge on any atom is 0.453 e. The Labute approximate surface area is 211 Å². The molecule has 0 spiro atoms. The molecule has 5 rings (SSSR count). The summed E-state index contributed by atoms with van der Waals surface area (Å²) in [5.41, 5.74) is -0.482. The Morgan fingerprint density at radius 3 is 2.42 bits per heavy atom. The van der Waals surface area contributed by atoms with Gasteiger partial charge in [-0.05, 0) is 18.9 Å². The van der Waals surface area contributed by atoms with Crippen LogP contribution >= 0.6 is 0 Å². The van der Waals surface area contributed by atoms with Crippen molar-refractivity contribution in [1.29, 1.82) is 0 Å². The first-order valence-corrected chi connectivity index (χ1v) is 11.8. The molecule has 1 atom stereocenters. The number of carbonyl (C=O) groups excluding carboxylic acids is 2. The second-order valence-corrected chi connectivity index (χ2v) is 9.47. The molecule has 0 aliphatic carbocycles. The van der Waals surface area contributed by atoms with E-state index in [2.05, 4.69) is 30.7 Å². The molecular weight excluding hydrogens is 520 g/mol. The molecule has 202 valence electrons. The number of aryl methyl sites for hydroxylation is 1. The standard InChI is InChI=1S/C23H21F6N7O2/c1-2-4-21-5-3-13(37)31-17-15(21)18(32-14(38)9-21)34-19(33-17)16-12-8-11(24)10-30-20(12)36(35-16)7-6-22(25,26)23(27,28)29/h8,10H,2-7,9H2,1H3,(H2,31,32,33,34,37,38)/t21-/m0/s1. The zero-order valence-corrected chi connectivity index (χ0v) is 19.9. The van der Waals surface area contributed by atoms with Gasteiger partial charge in [-0.3, -0.25) is 9.59 Å². The monoisotopic (exact) mass is 541 g/mol. The second kappa shape index (κ2) is 8.91. The van der Waals surface area contributed by atoms with E-state index in [0.717, 1.165) is 16.9 Å². The Morgan fingerprint density at radius 1 is 1.08 bits per heavy atom. The average molecular weight is 541 g/mol. The van der Waals surface area contributed by atoms with Crippen LogP contribution in [0.1, 0.15) is 51.0 Å². The minimum absolute atomic E-state index is 0.0469. The van der Waals surface area contributed by atoms with E-state index >= 15 is 0 Å². The van der Waals surface area contributed by atoms with Gasteiger partial charge in [-0.15, -0.1) is 0 Å². The summed E-state index contributed by atoms with van der Waals surface area (Å²) in [5, 5.41) is 9.43. The largest absolute Gasteiger partial charge is 0.453 e. The van der Waals surface area contributed by atoms with Gasteiger partial charge in [0, 0.05) is 36.8 Å². The molecule has 2 aliphatic rings. The van der Waals surface area contributed by atoms with Crippen LogP contribution in [-0.4, -0.2) is 48.6 Å². The lowest BCUT2D eigenvalue weighted by molar-refractivity contribution is -0.285. The van der Waals surface area contributed by atoms with Gasteiger partial charge in [0.2, 0.25) is 11.8 Å². The summed E-state index contributed by atoms with van der Waals surface area (Å²) in [5.74, 6) is -6.44. The fraction of sp³-hybridized carbons (Fsp3) is 0.478. The highest BCUT2D eigenvalue weighted by atomic mass is 19.4. The van der Waals surface area contributed by atoms with E-state index in [0.29, 0.717) is 24.8 Å². The average Bonchev–Trinajstić information content (AvgIpc) is 3.11. The predicted octanol–water partition coefficient (Wildman–Crippen LogP) is 4.73. The van der Waals surface area contributed by atoms with Crippen molar-refractivity contribution in [3.05, 3.63) is 23.6 Å². The lowest BCUT2D eigenvalue weighted by atomic mass is 9.70. The van der Waals surface area contributed by atoms with E-state index in [1.165, 1.54) is 0 Å². The summed E-state index contributed by atoms with van der Waals surface area (Å²) in [6.45, 7) is 1.05. The summed E-state index contributed by atoms with van der Waals surface area (Å²) in [6, 6.07) is 0.974. The molecule has 5 heterocycles. The van der Waals surface area contributed by atoms with Gasteiger partial charge in [0.05, 0.1) is 11.6 Å². The van der Waals surface area contributed by atoms with Crippen molar-refractivity contribution in [2.24, 2.45) is 0 Å². The number of rotatable bonds is 6. The first-order chi connectivity index (χ1) is 17.8. The Kier molecular flexibility index (Phi) is 6.06. The van der Waals surface area contributed by atoms with Gasteiger partial charge in [0.1, 0.15) is 23.1 Å². The van der Waals surface area contributed by atoms with Gasteiger partial charge >= 0.3 is 12.1 Å². The number of pyridine rings is 1. The molecule has 0 fully saturated rings. The van der Waals surface area contributed by atoms with Crippen molar-refractivity contribution in [3.8, 4) is 11.5 Å². The number of hydrogen-bond acceptors (Lipinski definition) is 6. The molecule has 15 heteroatoms. The van der Waals surface area contributed by atoms with Crippen LogP contribution in [0.3, 0.4) is 0 Å². The maximum absolute atomic E-state index is 14.1. The third-order valence-corrected chi connectivity index (χ3v) is 6.83. The van der Waals surface area contributed by atoms with Crippen molar-refractivity contribution in [1.82, 2.24) is 24.7 Å². The Morgan fingerprint density at radius 2 is 1.76 bits per heavy atom. The van der Waals surface area contributed by atoms with Crippen molar-refractivity contribution >= 4 is 34.5 Å². The smallest absolute Gasteiger partial charge is 0.310 e. The number of fused-ring (bicyclic) bond motifs is 1. The van der Waals surface area contributed by atoms with Crippen molar-refractivity contribution < 1.29 is 35.9 Å². The summed E-state index contributed by atoms with van der Waals surface area (Å²) >= 11 is 0. The highest BCUT2D eigenvalue weighted by Gasteiger charge is 2.56. The fourth-order valence-corrected chi connectivity index (χ4v) is 5.14. The van der Waals surface area contributed by atoms with E-state index in [1.807, 2.05) is 6.92 Å². The first-order valence-electron chi connectivity index (χ1n) is 11.8. The molecule has 3 aromatic heterocycles. The quantitative estimate of drug-likeness (QED) is 0.437. The van der Waals surface area contributed by atoms with E-state index in [-0.39, 0.29) is 58.8 Å². The highest BCUT2D eigenvalue weighted by molar-refractivity contribution is 6.00. The number of nitrogens with zero attached hydrogens (tertiary/aromatic N) is 5. The summed E-state index contributed by atoms with van der Waals surface area (Å²) in [7, 11) is 0. The van der Waals surface area contributed by atoms with Crippen LogP contribution in [-0.2, 0) is 21.5 Å². The van der Waals surface area contributed by atoms with Gasteiger partial charge in [0.25, 0.3) is 0 Å². The van der Waals surface area contributed by atoms with E-state index in [4.69, 9.17) is 0 Å². The predicted molar refractivity (Wildman–Crippen MR) is 122 cm³/mol. The molecule has 9 nitrogen and oxygen atoms in total. The number of hydrogen-bond donors (Lipinski definition) is 2. The van der Waals surface area contributed by atoms with Crippen LogP contribution in [0.2, 0.25) is 0 Å². The van der Waals surface area contributed by atoms with Crippen molar-refractivity contribution in [2.45, 2.75) is 69.5 Å². The van der Waals surface area contributed by atoms with Crippen LogP contribution in [0.25, 0.3) is 22.6 Å². The minimum atomic E-state index is -5.76. The van der Waals surface area contributed by atoms with Crippen LogP contribution in [0.15, 0.2) is 12.3 Å². The molecule has 0 bridgehead atoms. The molecule has 0 radical (unpaired) electrons. The van der Waals surface area contributed by atoms with E-state index in [9.17, 15) is 35.9 Å². The molecule has 38 heavy (non-hydrogen) atoms. The lowest BCUT2D eigenvalue weighted by Crippen LogP contribution is -2.38. The molecular formula is C23H21F6N7O2.